The standard InChI is InChI=1S/C14H17N3/c15-12-6-7-14-13(8-12)16-10-17(14)9-11-4-2-1-3-5-11/h1-5,8,10,12,14H,6-7,9,15H2. The molecule has 0 amide bonds. The number of rotatable bonds is 2. The Bertz CT molecular complexity index is 450. The predicted octanol–water partition coefficient (Wildman–Crippen LogP) is 1.90. The Hall–Kier alpha value is -1.61. The van der Waals surface area contributed by atoms with E-state index >= 15 is 0 Å². The van der Waals surface area contributed by atoms with Crippen LogP contribution in [0.3, 0.4) is 0 Å². The lowest BCUT2D eigenvalue weighted by molar-refractivity contribution is 0.329. The maximum Gasteiger partial charge on any atom is 0.0917 e. The third-order valence-electron chi connectivity index (χ3n) is 3.46. The first-order chi connectivity index (χ1) is 8.33. The predicted molar refractivity (Wildman–Crippen MR) is 69.6 cm³/mol. The molecule has 3 nitrogen and oxygen atoms in total. The highest BCUT2D eigenvalue weighted by Gasteiger charge is 2.29. The molecule has 0 saturated heterocycles. The van der Waals surface area contributed by atoms with E-state index in [0.717, 1.165) is 25.1 Å². The van der Waals surface area contributed by atoms with Crippen molar-refractivity contribution < 1.29 is 0 Å². The summed E-state index contributed by atoms with van der Waals surface area (Å²) in [4.78, 5) is 6.78. The van der Waals surface area contributed by atoms with Gasteiger partial charge in [-0.3, -0.25) is 0 Å². The van der Waals surface area contributed by atoms with Gasteiger partial charge in [0, 0.05) is 12.6 Å². The van der Waals surface area contributed by atoms with Crippen LogP contribution in [0.25, 0.3) is 0 Å². The smallest absolute Gasteiger partial charge is 0.0917 e. The second kappa shape index (κ2) is 4.34. The topological polar surface area (TPSA) is 41.6 Å². The molecule has 2 N–H and O–H groups in total. The lowest BCUT2D eigenvalue weighted by Crippen LogP contribution is -2.35. The largest absolute Gasteiger partial charge is 0.350 e. The zero-order chi connectivity index (χ0) is 11.7. The monoisotopic (exact) mass is 227 g/mol. The summed E-state index contributed by atoms with van der Waals surface area (Å²) in [5.74, 6) is 0. The van der Waals surface area contributed by atoms with Crippen LogP contribution in [0.5, 0.6) is 0 Å². The van der Waals surface area contributed by atoms with Crippen molar-refractivity contribution in [3.8, 4) is 0 Å². The van der Waals surface area contributed by atoms with E-state index in [1.165, 1.54) is 5.56 Å². The minimum absolute atomic E-state index is 0.190. The van der Waals surface area contributed by atoms with Gasteiger partial charge in [0.1, 0.15) is 0 Å². The van der Waals surface area contributed by atoms with Gasteiger partial charge in [-0.05, 0) is 24.5 Å². The molecule has 1 heterocycles. The Labute approximate surface area is 102 Å². The van der Waals surface area contributed by atoms with E-state index < -0.39 is 0 Å². The Morgan fingerprint density at radius 1 is 1.24 bits per heavy atom. The number of fused-ring (bicyclic) bond motifs is 1. The van der Waals surface area contributed by atoms with Gasteiger partial charge in [0.2, 0.25) is 0 Å². The fraction of sp³-hybridized carbons (Fsp3) is 0.357. The van der Waals surface area contributed by atoms with Crippen LogP contribution in [-0.4, -0.2) is 23.3 Å². The molecule has 0 bridgehead atoms. The summed E-state index contributed by atoms with van der Waals surface area (Å²) in [6, 6.07) is 11.2. The summed E-state index contributed by atoms with van der Waals surface area (Å²) < 4.78 is 0. The minimum Gasteiger partial charge on any atom is -0.350 e. The van der Waals surface area contributed by atoms with Crippen molar-refractivity contribution in [2.45, 2.75) is 31.5 Å². The van der Waals surface area contributed by atoms with Gasteiger partial charge in [-0.15, -0.1) is 0 Å². The van der Waals surface area contributed by atoms with Crippen LogP contribution in [0.2, 0.25) is 0 Å². The molecule has 1 aromatic carbocycles. The van der Waals surface area contributed by atoms with Crippen molar-refractivity contribution in [3.05, 3.63) is 47.7 Å². The number of hydrogen-bond acceptors (Lipinski definition) is 3. The molecule has 0 saturated carbocycles. The van der Waals surface area contributed by atoms with Gasteiger partial charge < -0.3 is 10.6 Å². The van der Waals surface area contributed by atoms with Crippen LogP contribution in [-0.2, 0) is 6.54 Å². The molecule has 0 radical (unpaired) electrons. The van der Waals surface area contributed by atoms with Gasteiger partial charge in [-0.1, -0.05) is 30.3 Å². The van der Waals surface area contributed by atoms with E-state index in [0.29, 0.717) is 6.04 Å². The highest BCUT2D eigenvalue weighted by Crippen LogP contribution is 2.28. The van der Waals surface area contributed by atoms with Gasteiger partial charge in [-0.25, -0.2) is 4.99 Å². The molecule has 88 valence electrons. The Balaban J connectivity index is 1.75. The molecule has 3 heteroatoms. The zero-order valence-corrected chi connectivity index (χ0v) is 9.79. The molecule has 2 atom stereocenters. The van der Waals surface area contributed by atoms with E-state index in [1.807, 2.05) is 12.4 Å². The average molecular weight is 227 g/mol. The fourth-order valence-corrected chi connectivity index (χ4v) is 2.54. The van der Waals surface area contributed by atoms with Gasteiger partial charge in [0.15, 0.2) is 0 Å². The highest BCUT2D eigenvalue weighted by atomic mass is 15.2. The second-order valence-corrected chi connectivity index (χ2v) is 4.75. The maximum absolute atomic E-state index is 5.92. The van der Waals surface area contributed by atoms with Crippen LogP contribution in [0.4, 0.5) is 0 Å². The molecule has 1 aromatic rings. The average Bonchev–Trinajstić information content (AvgIpc) is 2.73. The van der Waals surface area contributed by atoms with Crippen LogP contribution in [0.15, 0.2) is 47.1 Å². The van der Waals surface area contributed by atoms with Crippen molar-refractivity contribution in [2.24, 2.45) is 10.7 Å². The van der Waals surface area contributed by atoms with Gasteiger partial charge in [0.05, 0.1) is 18.1 Å². The lowest BCUT2D eigenvalue weighted by Gasteiger charge is -2.28. The first-order valence-corrected chi connectivity index (χ1v) is 6.14. The number of benzene rings is 1. The quantitative estimate of drug-likeness (QED) is 0.838. The van der Waals surface area contributed by atoms with E-state index in [4.69, 9.17) is 5.73 Å². The number of nitrogens with two attached hydrogens (primary N) is 1. The van der Waals surface area contributed by atoms with Crippen molar-refractivity contribution in [1.82, 2.24) is 4.90 Å². The van der Waals surface area contributed by atoms with Crippen LogP contribution < -0.4 is 5.73 Å². The molecule has 0 fully saturated rings. The van der Waals surface area contributed by atoms with E-state index in [-0.39, 0.29) is 6.04 Å². The highest BCUT2D eigenvalue weighted by molar-refractivity contribution is 5.63. The SMILES string of the molecule is NC1C=C2N=CN(Cc3ccccc3)C2CC1. The molecule has 2 aliphatic rings. The third kappa shape index (κ3) is 2.11. The molecule has 1 aliphatic heterocycles. The molecule has 2 unspecified atom stereocenters. The summed E-state index contributed by atoms with van der Waals surface area (Å²) in [6.45, 7) is 0.932. The van der Waals surface area contributed by atoms with Gasteiger partial charge >= 0.3 is 0 Å². The summed E-state index contributed by atoms with van der Waals surface area (Å²) in [6.07, 6.45) is 6.24. The molecule has 1 aliphatic carbocycles. The number of aliphatic imine (C=N–C) groups is 1. The Morgan fingerprint density at radius 2 is 2.06 bits per heavy atom. The molecule has 17 heavy (non-hydrogen) atoms. The third-order valence-corrected chi connectivity index (χ3v) is 3.46. The number of nitrogens with zero attached hydrogens (tertiary/aromatic N) is 2. The van der Waals surface area contributed by atoms with Crippen molar-refractivity contribution in [3.63, 3.8) is 0 Å². The Morgan fingerprint density at radius 3 is 2.88 bits per heavy atom. The maximum atomic E-state index is 5.92. The Kier molecular flexibility index (Phi) is 2.69. The van der Waals surface area contributed by atoms with Crippen LogP contribution in [0.1, 0.15) is 18.4 Å². The minimum atomic E-state index is 0.190. The summed E-state index contributed by atoms with van der Waals surface area (Å²) in [5.41, 5.74) is 8.40. The fourth-order valence-electron chi connectivity index (χ4n) is 2.54. The van der Waals surface area contributed by atoms with E-state index in [9.17, 15) is 0 Å². The normalized spacial score (nSPS) is 26.9. The van der Waals surface area contributed by atoms with E-state index in [1.54, 1.807) is 0 Å². The summed E-state index contributed by atoms with van der Waals surface area (Å²) in [7, 11) is 0. The van der Waals surface area contributed by atoms with Crippen molar-refractivity contribution >= 4 is 6.34 Å². The molecule has 3 rings (SSSR count). The first-order valence-electron chi connectivity index (χ1n) is 6.14. The van der Waals surface area contributed by atoms with Crippen molar-refractivity contribution in [1.29, 1.82) is 0 Å². The molecule has 0 aromatic heterocycles. The van der Waals surface area contributed by atoms with Gasteiger partial charge in [0.25, 0.3) is 0 Å². The summed E-state index contributed by atoms with van der Waals surface area (Å²) >= 11 is 0. The van der Waals surface area contributed by atoms with Crippen molar-refractivity contribution in [2.75, 3.05) is 0 Å². The van der Waals surface area contributed by atoms with E-state index in [2.05, 4.69) is 40.2 Å². The molecular formula is C14H17N3. The summed E-state index contributed by atoms with van der Waals surface area (Å²) in [5, 5.41) is 0. The molecular weight excluding hydrogens is 210 g/mol. The first kappa shape index (κ1) is 10.5. The number of hydrogen-bond donors (Lipinski definition) is 1. The lowest BCUT2D eigenvalue weighted by atomic mass is 9.96. The second-order valence-electron chi connectivity index (χ2n) is 4.75. The van der Waals surface area contributed by atoms with Crippen LogP contribution in [0, 0.1) is 0 Å². The molecule has 0 spiro atoms. The van der Waals surface area contributed by atoms with Gasteiger partial charge in [-0.2, -0.15) is 0 Å². The van der Waals surface area contributed by atoms with Crippen LogP contribution >= 0.6 is 0 Å². The zero-order valence-electron chi connectivity index (χ0n) is 9.79.